The molecule has 0 aromatic heterocycles. The third-order valence-corrected chi connectivity index (χ3v) is 2.87. The minimum atomic E-state index is -0.799. The lowest BCUT2D eigenvalue weighted by Gasteiger charge is -2.13. The van der Waals surface area contributed by atoms with Crippen molar-refractivity contribution in [3.8, 4) is 0 Å². The fraction of sp³-hybridized carbons (Fsp3) is 0.769. The molecule has 122 valence electrons. The lowest BCUT2D eigenvalue weighted by atomic mass is 10.0. The highest BCUT2D eigenvalue weighted by Crippen LogP contribution is 2.08. The molecule has 0 saturated carbocycles. The second-order valence-electron chi connectivity index (χ2n) is 5.14. The molecule has 0 aliphatic heterocycles. The van der Waals surface area contributed by atoms with Gasteiger partial charge in [0.1, 0.15) is 0 Å². The molecule has 21 heavy (non-hydrogen) atoms. The topological polar surface area (TPSA) is 111 Å². The van der Waals surface area contributed by atoms with Gasteiger partial charge in [0, 0.05) is 40.2 Å². The van der Waals surface area contributed by atoms with Crippen LogP contribution in [0.4, 0.5) is 9.59 Å². The van der Waals surface area contributed by atoms with E-state index in [2.05, 4.69) is 16.0 Å². The number of nitrogens with one attached hydrogen (secondary N) is 3. The van der Waals surface area contributed by atoms with Crippen LogP contribution in [0.15, 0.2) is 0 Å². The molecule has 0 bridgehead atoms. The van der Waals surface area contributed by atoms with E-state index in [0.29, 0.717) is 26.1 Å². The van der Waals surface area contributed by atoms with E-state index in [1.807, 2.05) is 6.92 Å². The number of carbonyl (C=O) groups is 3. The monoisotopic (exact) mass is 302 g/mol. The molecule has 8 nitrogen and oxygen atoms in total. The Labute approximate surface area is 125 Å². The van der Waals surface area contributed by atoms with Crippen LogP contribution < -0.4 is 16.0 Å². The lowest BCUT2D eigenvalue weighted by Crippen LogP contribution is -2.42. The maximum atomic E-state index is 11.4. The van der Waals surface area contributed by atoms with Gasteiger partial charge in [-0.15, -0.1) is 0 Å². The van der Waals surface area contributed by atoms with E-state index in [1.165, 1.54) is 4.90 Å². The Bertz CT molecular complexity index is 347. The number of urea groups is 2. The largest absolute Gasteiger partial charge is 0.481 e. The highest BCUT2D eigenvalue weighted by molar-refractivity contribution is 5.74. The van der Waals surface area contributed by atoms with Crippen LogP contribution >= 0.6 is 0 Å². The molecule has 0 aliphatic carbocycles. The van der Waals surface area contributed by atoms with Crippen molar-refractivity contribution in [2.75, 3.05) is 33.7 Å². The number of rotatable bonds is 9. The number of amides is 4. The number of carbonyl (C=O) groups excluding carboxylic acids is 2. The van der Waals surface area contributed by atoms with Crippen molar-refractivity contribution in [1.29, 1.82) is 0 Å². The van der Waals surface area contributed by atoms with Crippen LogP contribution in [0.25, 0.3) is 0 Å². The third-order valence-electron chi connectivity index (χ3n) is 2.87. The summed E-state index contributed by atoms with van der Waals surface area (Å²) in [4.78, 5) is 34.4. The Morgan fingerprint density at radius 1 is 1.00 bits per heavy atom. The Morgan fingerprint density at radius 2 is 1.57 bits per heavy atom. The molecule has 0 fully saturated rings. The first-order valence-corrected chi connectivity index (χ1v) is 7.01. The van der Waals surface area contributed by atoms with Gasteiger partial charge in [-0.3, -0.25) is 4.79 Å². The molecule has 1 unspecified atom stereocenters. The van der Waals surface area contributed by atoms with Crippen molar-refractivity contribution in [1.82, 2.24) is 20.9 Å². The standard InChI is InChI=1S/C13H26N4O4/c1-10(4-5-11(18)19)6-7-14-12(20)15-8-9-16-13(21)17(2)3/h10H,4-9H2,1-3H3,(H,16,21)(H,18,19)(H2,14,15,20). The van der Waals surface area contributed by atoms with Gasteiger partial charge in [0.2, 0.25) is 0 Å². The van der Waals surface area contributed by atoms with Gasteiger partial charge in [0.15, 0.2) is 0 Å². The molecular weight excluding hydrogens is 276 g/mol. The van der Waals surface area contributed by atoms with E-state index in [4.69, 9.17) is 5.11 Å². The first-order valence-electron chi connectivity index (χ1n) is 7.01. The van der Waals surface area contributed by atoms with Crippen molar-refractivity contribution >= 4 is 18.0 Å². The lowest BCUT2D eigenvalue weighted by molar-refractivity contribution is -0.137. The summed E-state index contributed by atoms with van der Waals surface area (Å²) in [6.45, 7) is 3.16. The van der Waals surface area contributed by atoms with Crippen molar-refractivity contribution in [3.05, 3.63) is 0 Å². The maximum Gasteiger partial charge on any atom is 0.316 e. The predicted octanol–water partition coefficient (Wildman–Crippen LogP) is 0.448. The molecule has 0 saturated heterocycles. The fourth-order valence-corrected chi connectivity index (χ4v) is 1.51. The van der Waals surface area contributed by atoms with Crippen LogP contribution in [0.2, 0.25) is 0 Å². The second-order valence-corrected chi connectivity index (χ2v) is 5.14. The summed E-state index contributed by atoms with van der Waals surface area (Å²) in [6.07, 6.45) is 1.49. The smallest absolute Gasteiger partial charge is 0.316 e. The number of hydrogen-bond donors (Lipinski definition) is 4. The normalized spacial score (nSPS) is 11.4. The number of carboxylic acids is 1. The SMILES string of the molecule is CC(CCNC(=O)NCCNC(=O)N(C)C)CCC(=O)O. The van der Waals surface area contributed by atoms with Crippen molar-refractivity contribution in [2.24, 2.45) is 5.92 Å². The van der Waals surface area contributed by atoms with Crippen LogP contribution in [0.3, 0.4) is 0 Å². The maximum absolute atomic E-state index is 11.4. The van der Waals surface area contributed by atoms with Gasteiger partial charge < -0.3 is 26.0 Å². The van der Waals surface area contributed by atoms with Crippen LogP contribution in [0, 0.1) is 5.92 Å². The van der Waals surface area contributed by atoms with Gasteiger partial charge in [0.25, 0.3) is 0 Å². The highest BCUT2D eigenvalue weighted by Gasteiger charge is 2.07. The van der Waals surface area contributed by atoms with Crippen LogP contribution in [-0.2, 0) is 4.79 Å². The average Bonchev–Trinajstić information content (AvgIpc) is 2.40. The number of nitrogens with zero attached hydrogens (tertiary/aromatic N) is 1. The number of carboxylic acid groups (broad SMARTS) is 1. The van der Waals surface area contributed by atoms with Crippen LogP contribution in [0.5, 0.6) is 0 Å². The summed E-state index contributed by atoms with van der Waals surface area (Å²) < 4.78 is 0. The van der Waals surface area contributed by atoms with Crippen LogP contribution in [-0.4, -0.2) is 61.8 Å². The zero-order chi connectivity index (χ0) is 16.3. The molecule has 0 rings (SSSR count). The first-order chi connectivity index (χ1) is 9.82. The van der Waals surface area contributed by atoms with E-state index in [-0.39, 0.29) is 24.4 Å². The molecule has 4 amide bonds. The van der Waals surface area contributed by atoms with Crippen molar-refractivity contribution in [2.45, 2.75) is 26.2 Å². The van der Waals surface area contributed by atoms with Crippen molar-refractivity contribution in [3.63, 3.8) is 0 Å². The average molecular weight is 302 g/mol. The number of aliphatic carboxylic acids is 1. The minimum absolute atomic E-state index is 0.152. The molecule has 0 aromatic rings. The molecule has 1 atom stereocenters. The van der Waals surface area contributed by atoms with E-state index in [9.17, 15) is 14.4 Å². The van der Waals surface area contributed by atoms with Gasteiger partial charge in [-0.1, -0.05) is 6.92 Å². The Morgan fingerprint density at radius 3 is 2.14 bits per heavy atom. The summed E-state index contributed by atoms with van der Waals surface area (Å²) in [5, 5.41) is 16.5. The van der Waals surface area contributed by atoms with E-state index in [0.717, 1.165) is 6.42 Å². The number of hydrogen-bond acceptors (Lipinski definition) is 3. The fourth-order valence-electron chi connectivity index (χ4n) is 1.51. The molecule has 4 N–H and O–H groups in total. The van der Waals surface area contributed by atoms with E-state index in [1.54, 1.807) is 14.1 Å². The van der Waals surface area contributed by atoms with E-state index < -0.39 is 5.97 Å². The van der Waals surface area contributed by atoms with Gasteiger partial charge >= 0.3 is 18.0 Å². The molecule has 0 heterocycles. The van der Waals surface area contributed by atoms with Gasteiger partial charge in [-0.25, -0.2) is 9.59 Å². The summed E-state index contributed by atoms with van der Waals surface area (Å²) >= 11 is 0. The summed E-state index contributed by atoms with van der Waals surface area (Å²) in [6, 6.07) is -0.496. The van der Waals surface area contributed by atoms with E-state index >= 15 is 0 Å². The second kappa shape index (κ2) is 10.8. The molecule has 0 aliphatic rings. The Balaban J connectivity index is 3.54. The third kappa shape index (κ3) is 11.5. The molecular formula is C13H26N4O4. The van der Waals surface area contributed by atoms with Gasteiger partial charge in [-0.2, -0.15) is 0 Å². The first kappa shape index (κ1) is 19.0. The van der Waals surface area contributed by atoms with Crippen molar-refractivity contribution < 1.29 is 19.5 Å². The highest BCUT2D eigenvalue weighted by atomic mass is 16.4. The predicted molar refractivity (Wildman–Crippen MR) is 79.1 cm³/mol. The Hall–Kier alpha value is -1.99. The van der Waals surface area contributed by atoms with Crippen LogP contribution in [0.1, 0.15) is 26.2 Å². The summed E-state index contributed by atoms with van der Waals surface area (Å²) in [5.41, 5.74) is 0. The molecule has 0 aromatic carbocycles. The summed E-state index contributed by atoms with van der Waals surface area (Å²) in [7, 11) is 3.28. The molecule has 0 spiro atoms. The molecule has 8 heteroatoms. The van der Waals surface area contributed by atoms with Gasteiger partial charge in [0.05, 0.1) is 0 Å². The molecule has 0 radical (unpaired) electrons. The summed E-state index contributed by atoms with van der Waals surface area (Å²) in [5.74, 6) is -0.548. The Kier molecular flexibility index (Phi) is 9.74. The minimum Gasteiger partial charge on any atom is -0.481 e. The zero-order valence-corrected chi connectivity index (χ0v) is 12.9. The van der Waals surface area contributed by atoms with Gasteiger partial charge in [-0.05, 0) is 18.8 Å². The zero-order valence-electron chi connectivity index (χ0n) is 12.9. The quantitative estimate of drug-likeness (QED) is 0.463.